The van der Waals surface area contributed by atoms with E-state index in [0.29, 0.717) is 13.0 Å². The maximum absolute atomic E-state index is 11.2. The number of nitrogens with zero attached hydrogens (tertiary/aromatic N) is 2. The summed E-state index contributed by atoms with van der Waals surface area (Å²) >= 11 is 0. The Bertz CT molecular complexity index is 334. The van der Waals surface area contributed by atoms with E-state index in [1.165, 1.54) is 7.11 Å². The summed E-state index contributed by atoms with van der Waals surface area (Å²) in [7, 11) is 1.54. The van der Waals surface area contributed by atoms with Crippen LogP contribution in [0.1, 0.15) is 13.3 Å². The topological polar surface area (TPSA) is 62.4 Å². The van der Waals surface area contributed by atoms with Gasteiger partial charge < -0.3 is 4.74 Å². The number of hydrogen-bond acceptors (Lipinski definition) is 3. The third-order valence-corrected chi connectivity index (χ3v) is 1.76. The van der Waals surface area contributed by atoms with Gasteiger partial charge in [0, 0.05) is 19.2 Å². The van der Waals surface area contributed by atoms with E-state index in [0.717, 1.165) is 11.3 Å². The molecule has 0 aromatic heterocycles. The van der Waals surface area contributed by atoms with Crippen LogP contribution in [-0.2, 0) is 9.53 Å². The Morgan fingerprint density at radius 2 is 2.38 bits per heavy atom. The minimum absolute atomic E-state index is 0.132. The molecule has 1 aliphatic heterocycles. The Hall–Kier alpha value is -1.47. The fourth-order valence-electron chi connectivity index (χ4n) is 1.24. The Labute approximate surface area is 76.5 Å². The third-order valence-electron chi connectivity index (χ3n) is 1.76. The third kappa shape index (κ3) is 2.01. The maximum atomic E-state index is 11.2. The smallest absolute Gasteiger partial charge is 0.287 e. The van der Waals surface area contributed by atoms with Crippen molar-refractivity contribution in [1.82, 2.24) is 0 Å². The molecule has 0 N–H and O–H groups in total. The molecular weight excluding hydrogens is 168 g/mol. The molecule has 0 spiro atoms. The van der Waals surface area contributed by atoms with Gasteiger partial charge in [-0.1, -0.05) is 0 Å². The SMILES string of the molecule is COCC1=C(C#N)C(=O)N=C(C)C1. The number of methoxy groups -OCH3 is 1. The molecule has 1 heterocycles. The van der Waals surface area contributed by atoms with Crippen LogP contribution in [0, 0.1) is 11.3 Å². The number of carbonyl (C=O) groups excluding carboxylic acids is 1. The van der Waals surface area contributed by atoms with Gasteiger partial charge in [-0.15, -0.1) is 0 Å². The fourth-order valence-corrected chi connectivity index (χ4v) is 1.24. The van der Waals surface area contributed by atoms with Gasteiger partial charge in [-0.2, -0.15) is 5.26 Å². The standard InChI is InChI=1S/C9H10N2O2/c1-6-3-7(5-13-2)8(4-10)9(12)11-6/h3,5H2,1-2H3. The van der Waals surface area contributed by atoms with Gasteiger partial charge in [0.15, 0.2) is 0 Å². The first-order chi connectivity index (χ1) is 6.19. The van der Waals surface area contributed by atoms with Crippen LogP contribution in [-0.4, -0.2) is 25.3 Å². The second kappa shape index (κ2) is 3.97. The Morgan fingerprint density at radius 3 is 2.92 bits per heavy atom. The summed E-state index contributed by atoms with van der Waals surface area (Å²) in [5.74, 6) is -0.446. The van der Waals surface area contributed by atoms with E-state index in [1.54, 1.807) is 6.92 Å². The molecule has 0 bridgehead atoms. The number of ether oxygens (including phenoxy) is 1. The summed E-state index contributed by atoms with van der Waals surface area (Å²) in [5, 5.41) is 8.69. The molecule has 0 aromatic rings. The summed E-state index contributed by atoms with van der Waals surface area (Å²) in [6, 6.07) is 1.85. The second-order valence-electron chi connectivity index (χ2n) is 2.85. The molecule has 0 aromatic carbocycles. The molecule has 4 heteroatoms. The predicted octanol–water partition coefficient (Wildman–Crippen LogP) is 0.844. The van der Waals surface area contributed by atoms with E-state index >= 15 is 0 Å². The zero-order valence-corrected chi connectivity index (χ0v) is 7.63. The maximum Gasteiger partial charge on any atom is 0.287 e. The molecule has 13 heavy (non-hydrogen) atoms. The van der Waals surface area contributed by atoms with Gasteiger partial charge in [0.25, 0.3) is 5.91 Å². The minimum Gasteiger partial charge on any atom is -0.380 e. The molecule has 0 saturated carbocycles. The van der Waals surface area contributed by atoms with Gasteiger partial charge in [0.05, 0.1) is 6.61 Å². The number of amides is 1. The zero-order chi connectivity index (χ0) is 9.84. The molecule has 1 amide bonds. The lowest BCUT2D eigenvalue weighted by atomic mass is 10.0. The zero-order valence-electron chi connectivity index (χ0n) is 7.63. The summed E-state index contributed by atoms with van der Waals surface area (Å²) in [6.45, 7) is 2.09. The summed E-state index contributed by atoms with van der Waals surface area (Å²) < 4.78 is 4.89. The molecule has 68 valence electrons. The van der Waals surface area contributed by atoms with E-state index < -0.39 is 5.91 Å². The van der Waals surface area contributed by atoms with Crippen LogP contribution in [0.25, 0.3) is 0 Å². The van der Waals surface area contributed by atoms with Gasteiger partial charge in [0.2, 0.25) is 0 Å². The average Bonchev–Trinajstić information content (AvgIpc) is 2.04. The molecule has 0 atom stereocenters. The second-order valence-corrected chi connectivity index (χ2v) is 2.85. The van der Waals surface area contributed by atoms with Crippen molar-refractivity contribution in [1.29, 1.82) is 5.26 Å². The van der Waals surface area contributed by atoms with E-state index in [4.69, 9.17) is 10.00 Å². The first kappa shape index (κ1) is 9.62. The van der Waals surface area contributed by atoms with Gasteiger partial charge >= 0.3 is 0 Å². The van der Waals surface area contributed by atoms with Crippen LogP contribution in [0.4, 0.5) is 0 Å². The largest absolute Gasteiger partial charge is 0.380 e. The van der Waals surface area contributed by atoms with Crippen LogP contribution >= 0.6 is 0 Å². The Balaban J connectivity index is 2.98. The first-order valence-electron chi connectivity index (χ1n) is 3.88. The molecule has 1 rings (SSSR count). The lowest BCUT2D eigenvalue weighted by molar-refractivity contribution is -0.114. The predicted molar refractivity (Wildman–Crippen MR) is 47.2 cm³/mol. The minimum atomic E-state index is -0.446. The molecular formula is C9H10N2O2. The van der Waals surface area contributed by atoms with E-state index in [1.807, 2.05) is 6.07 Å². The van der Waals surface area contributed by atoms with E-state index in [2.05, 4.69) is 4.99 Å². The lowest BCUT2D eigenvalue weighted by Gasteiger charge is -2.12. The van der Waals surface area contributed by atoms with Crippen molar-refractivity contribution in [2.24, 2.45) is 4.99 Å². The fraction of sp³-hybridized carbons (Fsp3) is 0.444. The molecule has 0 saturated heterocycles. The number of aliphatic imine (C=N–C) groups is 1. The first-order valence-corrected chi connectivity index (χ1v) is 3.88. The highest BCUT2D eigenvalue weighted by Crippen LogP contribution is 2.16. The summed E-state index contributed by atoms with van der Waals surface area (Å²) in [4.78, 5) is 14.9. The Kier molecular flexibility index (Phi) is 2.93. The summed E-state index contributed by atoms with van der Waals surface area (Å²) in [5.41, 5.74) is 1.59. The quantitative estimate of drug-likeness (QED) is 0.629. The molecule has 4 nitrogen and oxygen atoms in total. The number of hydrogen-bond donors (Lipinski definition) is 0. The van der Waals surface area contributed by atoms with Crippen molar-refractivity contribution < 1.29 is 9.53 Å². The van der Waals surface area contributed by atoms with Crippen molar-refractivity contribution in [3.05, 3.63) is 11.1 Å². The normalized spacial score (nSPS) is 17.0. The Morgan fingerprint density at radius 1 is 1.69 bits per heavy atom. The van der Waals surface area contributed by atoms with Gasteiger partial charge in [-0.3, -0.25) is 4.79 Å². The van der Waals surface area contributed by atoms with Crippen LogP contribution < -0.4 is 0 Å². The number of rotatable bonds is 2. The van der Waals surface area contributed by atoms with Crippen molar-refractivity contribution in [2.75, 3.05) is 13.7 Å². The monoisotopic (exact) mass is 178 g/mol. The van der Waals surface area contributed by atoms with Crippen LogP contribution in [0.15, 0.2) is 16.1 Å². The van der Waals surface area contributed by atoms with Crippen molar-refractivity contribution in [2.45, 2.75) is 13.3 Å². The van der Waals surface area contributed by atoms with Gasteiger partial charge in [-0.05, 0) is 12.5 Å². The van der Waals surface area contributed by atoms with Crippen molar-refractivity contribution in [3.8, 4) is 6.07 Å². The highest BCUT2D eigenvalue weighted by molar-refractivity contribution is 6.09. The van der Waals surface area contributed by atoms with Crippen LogP contribution in [0.2, 0.25) is 0 Å². The molecule has 0 aliphatic carbocycles. The highest BCUT2D eigenvalue weighted by atomic mass is 16.5. The van der Waals surface area contributed by atoms with Gasteiger partial charge in [-0.25, -0.2) is 4.99 Å². The number of nitriles is 1. The summed E-state index contributed by atoms with van der Waals surface area (Å²) in [6.07, 6.45) is 0.558. The number of dihydropyridines is 1. The molecule has 0 fully saturated rings. The molecule has 0 radical (unpaired) electrons. The van der Waals surface area contributed by atoms with Crippen LogP contribution in [0.5, 0.6) is 0 Å². The molecule has 0 unspecified atom stereocenters. The van der Waals surface area contributed by atoms with Crippen LogP contribution in [0.3, 0.4) is 0 Å². The van der Waals surface area contributed by atoms with E-state index in [9.17, 15) is 4.79 Å². The number of carbonyl (C=O) groups is 1. The highest BCUT2D eigenvalue weighted by Gasteiger charge is 2.20. The lowest BCUT2D eigenvalue weighted by Crippen LogP contribution is -2.15. The van der Waals surface area contributed by atoms with Gasteiger partial charge in [0.1, 0.15) is 11.6 Å². The average molecular weight is 178 g/mol. The van der Waals surface area contributed by atoms with E-state index in [-0.39, 0.29) is 5.57 Å². The van der Waals surface area contributed by atoms with Crippen molar-refractivity contribution in [3.63, 3.8) is 0 Å². The van der Waals surface area contributed by atoms with Crippen molar-refractivity contribution >= 4 is 11.6 Å². The molecule has 1 aliphatic rings.